The minimum Gasteiger partial charge on any atom is -0.465 e. The zero-order chi connectivity index (χ0) is 17.5. The molecule has 1 atom stereocenters. The third-order valence-electron chi connectivity index (χ3n) is 3.59. The van der Waals surface area contributed by atoms with Gasteiger partial charge >= 0.3 is 6.09 Å². The molecule has 126 valence electrons. The van der Waals surface area contributed by atoms with Gasteiger partial charge in [-0.05, 0) is 30.2 Å². The fraction of sp³-hybridized carbons (Fsp3) is 0.222. The van der Waals surface area contributed by atoms with Crippen LogP contribution >= 0.6 is 0 Å². The van der Waals surface area contributed by atoms with E-state index in [0.29, 0.717) is 12.2 Å². The van der Waals surface area contributed by atoms with Crippen molar-refractivity contribution in [1.82, 2.24) is 10.6 Å². The number of anilines is 1. The zero-order valence-corrected chi connectivity index (χ0v) is 13.5. The van der Waals surface area contributed by atoms with Gasteiger partial charge < -0.3 is 21.5 Å². The predicted octanol–water partition coefficient (Wildman–Crippen LogP) is 2.07. The molecule has 0 aromatic heterocycles. The van der Waals surface area contributed by atoms with Gasteiger partial charge in [-0.3, -0.25) is 4.79 Å². The number of nitrogen functional groups attached to an aromatic ring is 1. The van der Waals surface area contributed by atoms with E-state index in [9.17, 15) is 9.59 Å². The summed E-state index contributed by atoms with van der Waals surface area (Å²) in [5, 5.41) is 14.0. The molecule has 6 heteroatoms. The number of benzene rings is 2. The minimum atomic E-state index is -1.24. The summed E-state index contributed by atoms with van der Waals surface area (Å²) < 4.78 is 0. The van der Waals surface area contributed by atoms with Crippen LogP contribution < -0.4 is 16.4 Å². The molecule has 6 nitrogen and oxygen atoms in total. The second-order valence-corrected chi connectivity index (χ2v) is 5.65. The summed E-state index contributed by atoms with van der Waals surface area (Å²) in [6, 6.07) is 13.9. The van der Waals surface area contributed by atoms with Gasteiger partial charge in [-0.1, -0.05) is 42.0 Å². The van der Waals surface area contributed by atoms with Crippen molar-refractivity contribution >= 4 is 17.7 Å². The molecule has 0 fully saturated rings. The van der Waals surface area contributed by atoms with E-state index < -0.39 is 12.1 Å². The lowest BCUT2D eigenvalue weighted by Gasteiger charge is -2.17. The maximum Gasteiger partial charge on any atom is 0.405 e. The van der Waals surface area contributed by atoms with E-state index in [4.69, 9.17) is 10.8 Å². The Kier molecular flexibility index (Phi) is 5.78. The van der Waals surface area contributed by atoms with Gasteiger partial charge in [0, 0.05) is 18.7 Å². The third-order valence-corrected chi connectivity index (χ3v) is 3.59. The second kappa shape index (κ2) is 8.01. The number of nitrogens with one attached hydrogen (secondary N) is 2. The molecule has 5 N–H and O–H groups in total. The summed E-state index contributed by atoms with van der Waals surface area (Å²) >= 11 is 0. The van der Waals surface area contributed by atoms with E-state index in [1.807, 2.05) is 31.2 Å². The minimum absolute atomic E-state index is 0.233. The molecule has 0 aliphatic carbocycles. The van der Waals surface area contributed by atoms with Crippen LogP contribution in [0.3, 0.4) is 0 Å². The number of rotatable bonds is 6. The van der Waals surface area contributed by atoms with Crippen molar-refractivity contribution in [3.05, 3.63) is 65.2 Å². The van der Waals surface area contributed by atoms with E-state index in [0.717, 1.165) is 16.7 Å². The first-order chi connectivity index (χ1) is 11.4. The van der Waals surface area contributed by atoms with Crippen LogP contribution in [0.5, 0.6) is 0 Å². The summed E-state index contributed by atoms with van der Waals surface area (Å²) in [7, 11) is 0. The van der Waals surface area contributed by atoms with Gasteiger partial charge in [0.2, 0.25) is 5.91 Å². The molecule has 0 saturated carbocycles. The van der Waals surface area contributed by atoms with Crippen molar-refractivity contribution < 1.29 is 14.7 Å². The largest absolute Gasteiger partial charge is 0.465 e. The smallest absolute Gasteiger partial charge is 0.405 e. The molecule has 2 amide bonds. The molecule has 0 spiro atoms. The zero-order valence-electron chi connectivity index (χ0n) is 13.5. The number of carboxylic acid groups (broad SMARTS) is 1. The fourth-order valence-corrected chi connectivity index (χ4v) is 2.33. The first-order valence-electron chi connectivity index (χ1n) is 7.61. The molecule has 0 radical (unpaired) electrons. The Bertz CT molecular complexity index is 714. The summed E-state index contributed by atoms with van der Waals surface area (Å²) in [5.74, 6) is -0.375. The number of aryl methyl sites for hydroxylation is 1. The normalized spacial score (nSPS) is 11.5. The molecule has 0 saturated heterocycles. The maximum absolute atomic E-state index is 12.3. The predicted molar refractivity (Wildman–Crippen MR) is 92.5 cm³/mol. The molecule has 2 aromatic carbocycles. The van der Waals surface area contributed by atoms with E-state index in [2.05, 4.69) is 10.6 Å². The first-order valence-corrected chi connectivity index (χ1v) is 7.61. The Balaban J connectivity index is 2.01. The topological polar surface area (TPSA) is 104 Å². The summed E-state index contributed by atoms with van der Waals surface area (Å²) in [4.78, 5) is 23.3. The number of carbonyl (C=O) groups is 2. The molecule has 2 rings (SSSR count). The van der Waals surface area contributed by atoms with Crippen molar-refractivity contribution in [2.24, 2.45) is 0 Å². The lowest BCUT2D eigenvalue weighted by atomic mass is 10.0. The van der Waals surface area contributed by atoms with Crippen LogP contribution in [0, 0.1) is 6.92 Å². The highest BCUT2D eigenvalue weighted by atomic mass is 16.4. The van der Waals surface area contributed by atoms with Gasteiger partial charge in [-0.25, -0.2) is 4.79 Å². The summed E-state index contributed by atoms with van der Waals surface area (Å²) in [5.41, 5.74) is 9.17. The second-order valence-electron chi connectivity index (χ2n) is 5.65. The Morgan fingerprint density at radius 3 is 2.46 bits per heavy atom. The standard InChI is InChI=1S/C18H21N3O3/c1-12-5-7-13(8-6-12)11-20-17(22)16(21-18(23)24)10-14-3-2-4-15(19)9-14/h2-9,16,21H,10-11,19H2,1H3,(H,20,22)(H,23,24)/t16-/m0/s1. The molecule has 0 aliphatic heterocycles. The van der Waals surface area contributed by atoms with Gasteiger partial charge in [0.25, 0.3) is 0 Å². The molecule has 0 bridgehead atoms. The Morgan fingerprint density at radius 1 is 1.12 bits per heavy atom. The van der Waals surface area contributed by atoms with Gasteiger partial charge in [0.05, 0.1) is 0 Å². The van der Waals surface area contributed by atoms with Crippen LogP contribution in [0.15, 0.2) is 48.5 Å². The third kappa shape index (κ3) is 5.31. The van der Waals surface area contributed by atoms with Crippen LogP contribution in [0.25, 0.3) is 0 Å². The van der Waals surface area contributed by atoms with Crippen LogP contribution in [-0.4, -0.2) is 23.1 Å². The number of hydrogen-bond acceptors (Lipinski definition) is 3. The van der Waals surface area contributed by atoms with Crippen LogP contribution in [0.2, 0.25) is 0 Å². The molecule has 2 aromatic rings. The molecular weight excluding hydrogens is 306 g/mol. The fourth-order valence-electron chi connectivity index (χ4n) is 2.33. The highest BCUT2D eigenvalue weighted by Crippen LogP contribution is 2.10. The molecule has 0 unspecified atom stereocenters. The summed E-state index contributed by atoms with van der Waals surface area (Å²) in [6.07, 6.45) is -1.01. The van der Waals surface area contributed by atoms with Gasteiger partial charge in [0.1, 0.15) is 6.04 Å². The van der Waals surface area contributed by atoms with E-state index in [-0.39, 0.29) is 12.3 Å². The monoisotopic (exact) mass is 327 g/mol. The first kappa shape index (κ1) is 17.3. The molecular formula is C18H21N3O3. The Morgan fingerprint density at radius 2 is 1.83 bits per heavy atom. The van der Waals surface area contributed by atoms with Crippen LogP contribution in [0.4, 0.5) is 10.5 Å². The van der Waals surface area contributed by atoms with E-state index in [1.165, 1.54) is 0 Å². The van der Waals surface area contributed by atoms with Gasteiger partial charge in [0.15, 0.2) is 0 Å². The van der Waals surface area contributed by atoms with E-state index in [1.54, 1.807) is 24.3 Å². The maximum atomic E-state index is 12.3. The summed E-state index contributed by atoms with van der Waals surface area (Å²) in [6.45, 7) is 2.33. The van der Waals surface area contributed by atoms with Gasteiger partial charge in [-0.2, -0.15) is 0 Å². The highest BCUT2D eigenvalue weighted by Gasteiger charge is 2.20. The average Bonchev–Trinajstić information content (AvgIpc) is 2.53. The molecule has 0 heterocycles. The lowest BCUT2D eigenvalue weighted by molar-refractivity contribution is -0.123. The quantitative estimate of drug-likeness (QED) is 0.610. The lowest BCUT2D eigenvalue weighted by Crippen LogP contribution is -2.47. The van der Waals surface area contributed by atoms with Crippen LogP contribution in [-0.2, 0) is 17.8 Å². The number of carbonyl (C=O) groups excluding carboxylic acids is 1. The number of hydrogen-bond donors (Lipinski definition) is 4. The van der Waals surface area contributed by atoms with Crippen molar-refractivity contribution in [3.63, 3.8) is 0 Å². The number of amides is 2. The molecule has 24 heavy (non-hydrogen) atoms. The number of nitrogens with two attached hydrogens (primary N) is 1. The molecule has 0 aliphatic rings. The van der Waals surface area contributed by atoms with E-state index >= 15 is 0 Å². The van der Waals surface area contributed by atoms with Crippen molar-refractivity contribution in [1.29, 1.82) is 0 Å². The Labute approximate surface area is 140 Å². The van der Waals surface area contributed by atoms with Crippen molar-refractivity contribution in [2.75, 3.05) is 5.73 Å². The Hall–Kier alpha value is -3.02. The average molecular weight is 327 g/mol. The van der Waals surface area contributed by atoms with Crippen molar-refractivity contribution in [3.8, 4) is 0 Å². The van der Waals surface area contributed by atoms with Gasteiger partial charge in [-0.15, -0.1) is 0 Å². The highest BCUT2D eigenvalue weighted by molar-refractivity contribution is 5.85. The SMILES string of the molecule is Cc1ccc(CNC(=O)[C@H](Cc2cccc(N)c2)NC(=O)O)cc1. The van der Waals surface area contributed by atoms with Crippen LogP contribution in [0.1, 0.15) is 16.7 Å². The van der Waals surface area contributed by atoms with Crippen molar-refractivity contribution in [2.45, 2.75) is 25.9 Å².